The van der Waals surface area contributed by atoms with Crippen molar-refractivity contribution in [2.24, 2.45) is 0 Å². The van der Waals surface area contributed by atoms with E-state index < -0.39 is 0 Å². The van der Waals surface area contributed by atoms with Crippen molar-refractivity contribution in [2.45, 2.75) is 26.9 Å². The molecule has 0 unspecified atom stereocenters. The van der Waals surface area contributed by atoms with Crippen molar-refractivity contribution in [1.29, 1.82) is 0 Å². The second-order valence-corrected chi connectivity index (χ2v) is 7.00. The first kappa shape index (κ1) is 21.2. The summed E-state index contributed by atoms with van der Waals surface area (Å²) in [6.45, 7) is 5.02. The summed E-state index contributed by atoms with van der Waals surface area (Å²) in [4.78, 5) is 12.6. The molecule has 0 spiro atoms. The topological polar surface area (TPSA) is 74.6 Å². The number of nitrogens with one attached hydrogen (secondary N) is 1. The molecular weight excluding hydrogens is 382 g/mol. The zero-order valence-electron chi connectivity index (χ0n) is 18.0. The average molecular weight is 409 g/mol. The number of amides is 1. The van der Waals surface area contributed by atoms with Gasteiger partial charge in [-0.3, -0.25) is 9.48 Å². The highest BCUT2D eigenvalue weighted by Crippen LogP contribution is 2.38. The summed E-state index contributed by atoms with van der Waals surface area (Å²) in [6.07, 6.45) is 0. The standard InChI is InChI=1S/C23H27N3O4/c1-15-10-16(2)26(25-15)14-17-6-8-19(9-7-17)23(27)24-13-18-11-20(28-3)22(30-5)21(12-18)29-4/h6-12H,13-14H2,1-5H3,(H,24,27). The Hall–Kier alpha value is -3.48. The summed E-state index contributed by atoms with van der Waals surface area (Å²) < 4.78 is 18.0. The van der Waals surface area contributed by atoms with Gasteiger partial charge in [-0.05, 0) is 55.3 Å². The molecule has 0 bridgehead atoms. The highest BCUT2D eigenvalue weighted by molar-refractivity contribution is 5.94. The lowest BCUT2D eigenvalue weighted by atomic mass is 10.1. The van der Waals surface area contributed by atoms with E-state index >= 15 is 0 Å². The molecule has 1 aromatic heterocycles. The lowest BCUT2D eigenvalue weighted by Crippen LogP contribution is -2.22. The SMILES string of the molecule is COc1cc(CNC(=O)c2ccc(Cn3nc(C)cc3C)cc2)cc(OC)c1OC. The molecule has 0 fully saturated rings. The maximum atomic E-state index is 12.6. The van der Waals surface area contributed by atoms with E-state index in [4.69, 9.17) is 14.2 Å². The Kier molecular flexibility index (Phi) is 6.61. The molecule has 3 rings (SSSR count). The Labute approximate surface area is 176 Å². The van der Waals surface area contributed by atoms with Gasteiger partial charge in [-0.1, -0.05) is 12.1 Å². The summed E-state index contributed by atoms with van der Waals surface area (Å²) >= 11 is 0. The molecule has 3 aromatic rings. The highest BCUT2D eigenvalue weighted by Gasteiger charge is 2.14. The minimum absolute atomic E-state index is 0.151. The normalized spacial score (nSPS) is 10.6. The molecule has 0 radical (unpaired) electrons. The number of nitrogens with zero attached hydrogens (tertiary/aromatic N) is 2. The van der Waals surface area contributed by atoms with Gasteiger partial charge in [0, 0.05) is 17.8 Å². The van der Waals surface area contributed by atoms with Crippen LogP contribution in [-0.4, -0.2) is 37.0 Å². The second kappa shape index (κ2) is 9.35. The number of carbonyl (C=O) groups excluding carboxylic acids is 1. The average Bonchev–Trinajstić information content (AvgIpc) is 3.07. The van der Waals surface area contributed by atoms with Crippen LogP contribution in [0.3, 0.4) is 0 Å². The van der Waals surface area contributed by atoms with Crippen LogP contribution in [0, 0.1) is 13.8 Å². The first-order valence-electron chi connectivity index (χ1n) is 9.62. The van der Waals surface area contributed by atoms with Gasteiger partial charge in [-0.2, -0.15) is 5.10 Å². The summed E-state index contributed by atoms with van der Waals surface area (Å²) in [5, 5.41) is 7.40. The van der Waals surface area contributed by atoms with Gasteiger partial charge in [-0.15, -0.1) is 0 Å². The number of benzene rings is 2. The molecule has 1 N–H and O–H groups in total. The number of hydrogen-bond donors (Lipinski definition) is 1. The van der Waals surface area contributed by atoms with Gasteiger partial charge < -0.3 is 19.5 Å². The largest absolute Gasteiger partial charge is 0.493 e. The fraction of sp³-hybridized carbons (Fsp3) is 0.304. The zero-order valence-corrected chi connectivity index (χ0v) is 18.0. The van der Waals surface area contributed by atoms with Crippen LogP contribution in [0.4, 0.5) is 0 Å². The molecule has 0 aliphatic rings. The molecule has 7 heteroatoms. The van der Waals surface area contributed by atoms with E-state index in [2.05, 4.69) is 10.4 Å². The molecule has 30 heavy (non-hydrogen) atoms. The Bertz CT molecular complexity index is 1000. The molecule has 1 amide bonds. The second-order valence-electron chi connectivity index (χ2n) is 7.00. The minimum atomic E-state index is -0.151. The number of hydrogen-bond acceptors (Lipinski definition) is 5. The van der Waals surface area contributed by atoms with Crippen molar-refractivity contribution < 1.29 is 19.0 Å². The summed E-state index contributed by atoms with van der Waals surface area (Å²) in [6, 6.07) is 13.2. The summed E-state index contributed by atoms with van der Waals surface area (Å²) in [7, 11) is 4.68. The molecule has 158 valence electrons. The van der Waals surface area contributed by atoms with Crippen LogP contribution in [-0.2, 0) is 13.1 Å². The van der Waals surface area contributed by atoms with E-state index in [0.717, 1.165) is 22.5 Å². The van der Waals surface area contributed by atoms with Gasteiger partial charge in [0.15, 0.2) is 11.5 Å². The maximum absolute atomic E-state index is 12.6. The van der Waals surface area contributed by atoms with Crippen LogP contribution in [0.2, 0.25) is 0 Å². The van der Waals surface area contributed by atoms with E-state index in [1.54, 1.807) is 21.3 Å². The van der Waals surface area contributed by atoms with Crippen LogP contribution in [0.15, 0.2) is 42.5 Å². The van der Waals surface area contributed by atoms with Gasteiger partial charge in [0.25, 0.3) is 5.91 Å². The molecule has 2 aromatic carbocycles. The van der Waals surface area contributed by atoms with Crippen molar-refractivity contribution in [3.63, 3.8) is 0 Å². The van der Waals surface area contributed by atoms with Gasteiger partial charge in [0.2, 0.25) is 5.75 Å². The van der Waals surface area contributed by atoms with Crippen LogP contribution < -0.4 is 19.5 Å². The fourth-order valence-corrected chi connectivity index (χ4v) is 3.29. The molecule has 0 saturated heterocycles. The monoisotopic (exact) mass is 409 g/mol. The van der Waals surface area contributed by atoms with Gasteiger partial charge in [0.1, 0.15) is 0 Å². The molecule has 0 aliphatic carbocycles. The number of aromatic nitrogens is 2. The fourth-order valence-electron chi connectivity index (χ4n) is 3.29. The minimum Gasteiger partial charge on any atom is -0.493 e. The summed E-state index contributed by atoms with van der Waals surface area (Å²) in [5.74, 6) is 1.47. The molecule has 0 saturated carbocycles. The quantitative estimate of drug-likeness (QED) is 0.616. The molecule has 1 heterocycles. The Morgan fingerprint density at radius 1 is 0.933 bits per heavy atom. The number of rotatable bonds is 8. The highest BCUT2D eigenvalue weighted by atomic mass is 16.5. The van der Waals surface area contributed by atoms with Crippen molar-refractivity contribution in [1.82, 2.24) is 15.1 Å². The molecular formula is C23H27N3O4. The summed E-state index contributed by atoms with van der Waals surface area (Å²) in [5.41, 5.74) is 4.64. The van der Waals surface area contributed by atoms with E-state index in [-0.39, 0.29) is 5.91 Å². The third-order valence-corrected chi connectivity index (χ3v) is 4.83. The number of ether oxygens (including phenoxy) is 3. The Morgan fingerprint density at radius 3 is 2.07 bits per heavy atom. The Balaban J connectivity index is 1.66. The predicted molar refractivity (Wildman–Crippen MR) is 115 cm³/mol. The third-order valence-electron chi connectivity index (χ3n) is 4.83. The van der Waals surface area contributed by atoms with Crippen LogP contribution in [0.1, 0.15) is 32.9 Å². The molecule has 0 aliphatic heterocycles. The first-order valence-corrected chi connectivity index (χ1v) is 9.62. The van der Waals surface area contributed by atoms with Crippen LogP contribution in [0.25, 0.3) is 0 Å². The van der Waals surface area contributed by atoms with Crippen LogP contribution in [0.5, 0.6) is 17.2 Å². The first-order chi connectivity index (χ1) is 14.4. The maximum Gasteiger partial charge on any atom is 0.251 e. The third kappa shape index (κ3) is 4.74. The van der Waals surface area contributed by atoms with E-state index in [0.29, 0.717) is 35.9 Å². The van der Waals surface area contributed by atoms with Crippen molar-refractivity contribution in [3.05, 3.63) is 70.5 Å². The molecule has 0 atom stereocenters. The zero-order chi connectivity index (χ0) is 21.7. The van der Waals surface area contributed by atoms with Crippen molar-refractivity contribution in [3.8, 4) is 17.2 Å². The number of aryl methyl sites for hydroxylation is 2. The van der Waals surface area contributed by atoms with Crippen molar-refractivity contribution >= 4 is 5.91 Å². The Morgan fingerprint density at radius 2 is 1.57 bits per heavy atom. The van der Waals surface area contributed by atoms with Crippen LogP contribution >= 0.6 is 0 Å². The lowest BCUT2D eigenvalue weighted by Gasteiger charge is -2.14. The van der Waals surface area contributed by atoms with E-state index in [9.17, 15) is 4.79 Å². The number of carbonyl (C=O) groups is 1. The number of methoxy groups -OCH3 is 3. The smallest absolute Gasteiger partial charge is 0.251 e. The van der Waals surface area contributed by atoms with Gasteiger partial charge in [0.05, 0.1) is 33.6 Å². The van der Waals surface area contributed by atoms with Gasteiger partial charge in [-0.25, -0.2) is 0 Å². The van der Waals surface area contributed by atoms with E-state index in [1.165, 1.54) is 0 Å². The van der Waals surface area contributed by atoms with Gasteiger partial charge >= 0.3 is 0 Å². The molecule has 7 nitrogen and oxygen atoms in total. The predicted octanol–water partition coefficient (Wildman–Crippen LogP) is 3.50. The van der Waals surface area contributed by atoms with E-state index in [1.807, 2.05) is 61.0 Å². The van der Waals surface area contributed by atoms with Crippen molar-refractivity contribution in [2.75, 3.05) is 21.3 Å². The lowest BCUT2D eigenvalue weighted by molar-refractivity contribution is 0.0951.